The van der Waals surface area contributed by atoms with Gasteiger partial charge in [0.15, 0.2) is 11.5 Å². The normalized spacial score (nSPS) is 10.4. The first-order chi connectivity index (χ1) is 10.2. The van der Waals surface area contributed by atoms with Gasteiger partial charge >= 0.3 is 0 Å². The van der Waals surface area contributed by atoms with Gasteiger partial charge in [-0.05, 0) is 30.7 Å². The van der Waals surface area contributed by atoms with E-state index in [-0.39, 0.29) is 5.82 Å². The van der Waals surface area contributed by atoms with Gasteiger partial charge in [0.25, 0.3) is 0 Å². The molecular formula is C17H20FNO2. The summed E-state index contributed by atoms with van der Waals surface area (Å²) < 4.78 is 24.3. The minimum absolute atomic E-state index is 0.186. The second-order valence-corrected chi connectivity index (χ2v) is 4.61. The van der Waals surface area contributed by atoms with Crippen molar-refractivity contribution in [2.45, 2.75) is 20.0 Å². The Hall–Kier alpha value is -2.07. The number of benzene rings is 2. The highest BCUT2D eigenvalue weighted by Gasteiger charge is 2.05. The number of hydrogen-bond donors (Lipinski definition) is 1. The molecule has 0 saturated carbocycles. The first kappa shape index (κ1) is 15.3. The first-order valence-corrected chi connectivity index (χ1v) is 6.98. The third kappa shape index (κ3) is 4.20. The van der Waals surface area contributed by atoms with E-state index < -0.39 is 0 Å². The molecule has 0 fully saturated rings. The highest BCUT2D eigenvalue weighted by molar-refractivity contribution is 5.42. The molecule has 0 aliphatic carbocycles. The lowest BCUT2D eigenvalue weighted by atomic mass is 10.1. The Labute approximate surface area is 124 Å². The van der Waals surface area contributed by atoms with E-state index in [2.05, 4.69) is 5.32 Å². The Kier molecular flexibility index (Phi) is 5.58. The fourth-order valence-corrected chi connectivity index (χ4v) is 2.08. The summed E-state index contributed by atoms with van der Waals surface area (Å²) in [4.78, 5) is 0. The predicted molar refractivity (Wildman–Crippen MR) is 81.1 cm³/mol. The molecule has 0 aliphatic heterocycles. The fourth-order valence-electron chi connectivity index (χ4n) is 2.08. The molecule has 0 amide bonds. The van der Waals surface area contributed by atoms with Gasteiger partial charge in [0, 0.05) is 18.7 Å². The number of halogens is 1. The van der Waals surface area contributed by atoms with Gasteiger partial charge in [0.05, 0.1) is 13.7 Å². The summed E-state index contributed by atoms with van der Waals surface area (Å²) in [6.45, 7) is 3.66. The van der Waals surface area contributed by atoms with Gasteiger partial charge in [0.1, 0.15) is 5.82 Å². The van der Waals surface area contributed by atoms with E-state index in [9.17, 15) is 4.39 Å². The molecule has 2 aromatic carbocycles. The van der Waals surface area contributed by atoms with Crippen LogP contribution in [0.2, 0.25) is 0 Å². The quantitative estimate of drug-likeness (QED) is 0.846. The van der Waals surface area contributed by atoms with Crippen LogP contribution in [0.1, 0.15) is 18.1 Å². The Morgan fingerprint density at radius 1 is 1.05 bits per heavy atom. The highest BCUT2D eigenvalue weighted by atomic mass is 19.1. The molecule has 0 radical (unpaired) electrons. The maximum Gasteiger partial charge on any atom is 0.161 e. The second-order valence-electron chi connectivity index (χ2n) is 4.61. The summed E-state index contributed by atoms with van der Waals surface area (Å²) in [7, 11) is 1.62. The molecule has 2 aromatic rings. The van der Waals surface area contributed by atoms with E-state index in [4.69, 9.17) is 9.47 Å². The van der Waals surface area contributed by atoms with Gasteiger partial charge < -0.3 is 14.8 Å². The van der Waals surface area contributed by atoms with Gasteiger partial charge in [-0.3, -0.25) is 0 Å². The Morgan fingerprint density at radius 2 is 1.86 bits per heavy atom. The number of nitrogens with one attached hydrogen (secondary N) is 1. The van der Waals surface area contributed by atoms with Crippen LogP contribution in [0.25, 0.3) is 0 Å². The first-order valence-electron chi connectivity index (χ1n) is 6.98. The average Bonchev–Trinajstić information content (AvgIpc) is 2.51. The van der Waals surface area contributed by atoms with E-state index >= 15 is 0 Å². The molecule has 0 aliphatic rings. The predicted octanol–water partition coefficient (Wildman–Crippen LogP) is 3.52. The minimum atomic E-state index is -0.186. The van der Waals surface area contributed by atoms with E-state index in [0.29, 0.717) is 31.0 Å². The maximum absolute atomic E-state index is 13.5. The van der Waals surface area contributed by atoms with Gasteiger partial charge in [-0.1, -0.05) is 24.3 Å². The van der Waals surface area contributed by atoms with Crippen molar-refractivity contribution in [1.29, 1.82) is 0 Å². The molecule has 0 aromatic heterocycles. The third-order valence-electron chi connectivity index (χ3n) is 3.13. The average molecular weight is 289 g/mol. The van der Waals surface area contributed by atoms with Gasteiger partial charge in [0.2, 0.25) is 0 Å². The van der Waals surface area contributed by atoms with Crippen LogP contribution in [0, 0.1) is 5.82 Å². The molecule has 0 heterocycles. The van der Waals surface area contributed by atoms with Gasteiger partial charge in [-0.15, -0.1) is 0 Å². The monoisotopic (exact) mass is 289 g/mol. The van der Waals surface area contributed by atoms with Crippen molar-refractivity contribution in [2.75, 3.05) is 13.7 Å². The lowest BCUT2D eigenvalue weighted by Crippen LogP contribution is -2.13. The van der Waals surface area contributed by atoms with Crippen LogP contribution in [0.3, 0.4) is 0 Å². The zero-order valence-corrected chi connectivity index (χ0v) is 12.4. The summed E-state index contributed by atoms with van der Waals surface area (Å²) >= 11 is 0. The number of ether oxygens (including phenoxy) is 2. The van der Waals surface area contributed by atoms with E-state index in [1.54, 1.807) is 19.2 Å². The van der Waals surface area contributed by atoms with Crippen molar-refractivity contribution < 1.29 is 13.9 Å². The maximum atomic E-state index is 13.5. The molecular weight excluding hydrogens is 269 g/mol. The SMILES string of the molecule is CCOc1ccc(CNCc2ccccc2F)cc1OC. The van der Waals surface area contributed by atoms with Crippen molar-refractivity contribution in [3.63, 3.8) is 0 Å². The van der Waals surface area contributed by atoms with E-state index in [1.165, 1.54) is 6.07 Å². The van der Waals surface area contributed by atoms with Crippen molar-refractivity contribution >= 4 is 0 Å². The number of methoxy groups -OCH3 is 1. The van der Waals surface area contributed by atoms with Crippen LogP contribution >= 0.6 is 0 Å². The van der Waals surface area contributed by atoms with Crippen molar-refractivity contribution in [1.82, 2.24) is 5.32 Å². The molecule has 112 valence electrons. The Bertz CT molecular complexity index is 587. The molecule has 0 bridgehead atoms. The molecule has 0 atom stereocenters. The molecule has 0 saturated heterocycles. The highest BCUT2D eigenvalue weighted by Crippen LogP contribution is 2.27. The van der Waals surface area contributed by atoms with Crippen LogP contribution in [-0.2, 0) is 13.1 Å². The smallest absolute Gasteiger partial charge is 0.161 e. The minimum Gasteiger partial charge on any atom is -0.493 e. The molecule has 3 nitrogen and oxygen atoms in total. The zero-order chi connectivity index (χ0) is 15.1. The molecule has 21 heavy (non-hydrogen) atoms. The molecule has 0 unspecified atom stereocenters. The van der Waals surface area contributed by atoms with E-state index in [1.807, 2.05) is 31.2 Å². The molecule has 2 rings (SSSR count). The third-order valence-corrected chi connectivity index (χ3v) is 3.13. The lowest BCUT2D eigenvalue weighted by molar-refractivity contribution is 0.310. The van der Waals surface area contributed by atoms with Gasteiger partial charge in [-0.25, -0.2) is 4.39 Å². The lowest BCUT2D eigenvalue weighted by Gasteiger charge is -2.11. The summed E-state index contributed by atoms with van der Waals surface area (Å²) in [6, 6.07) is 12.6. The Balaban J connectivity index is 1.96. The molecule has 4 heteroatoms. The van der Waals surface area contributed by atoms with Crippen molar-refractivity contribution in [3.05, 3.63) is 59.4 Å². The second kappa shape index (κ2) is 7.64. The molecule has 1 N–H and O–H groups in total. The van der Waals surface area contributed by atoms with Crippen LogP contribution in [0.5, 0.6) is 11.5 Å². The zero-order valence-electron chi connectivity index (χ0n) is 12.4. The number of hydrogen-bond acceptors (Lipinski definition) is 3. The molecule has 0 spiro atoms. The summed E-state index contributed by atoms with van der Waals surface area (Å²) in [6.07, 6.45) is 0. The summed E-state index contributed by atoms with van der Waals surface area (Å²) in [5.74, 6) is 1.26. The van der Waals surface area contributed by atoms with Crippen LogP contribution < -0.4 is 14.8 Å². The van der Waals surface area contributed by atoms with Crippen LogP contribution in [-0.4, -0.2) is 13.7 Å². The largest absolute Gasteiger partial charge is 0.493 e. The van der Waals surface area contributed by atoms with E-state index in [0.717, 1.165) is 11.3 Å². The fraction of sp³-hybridized carbons (Fsp3) is 0.294. The number of rotatable bonds is 7. The standard InChI is InChI=1S/C17H20FNO2/c1-3-21-16-9-8-13(10-17(16)20-2)11-19-12-14-6-4-5-7-15(14)18/h4-10,19H,3,11-12H2,1-2H3. The Morgan fingerprint density at radius 3 is 2.57 bits per heavy atom. The van der Waals surface area contributed by atoms with Gasteiger partial charge in [-0.2, -0.15) is 0 Å². The van der Waals surface area contributed by atoms with Crippen LogP contribution in [0.15, 0.2) is 42.5 Å². The summed E-state index contributed by atoms with van der Waals surface area (Å²) in [5.41, 5.74) is 1.72. The summed E-state index contributed by atoms with van der Waals surface area (Å²) in [5, 5.41) is 3.23. The topological polar surface area (TPSA) is 30.5 Å². The van der Waals surface area contributed by atoms with Crippen LogP contribution in [0.4, 0.5) is 4.39 Å². The van der Waals surface area contributed by atoms with Crippen molar-refractivity contribution in [2.24, 2.45) is 0 Å². The van der Waals surface area contributed by atoms with Crippen molar-refractivity contribution in [3.8, 4) is 11.5 Å².